The lowest BCUT2D eigenvalue weighted by molar-refractivity contribution is 0.111. The standard InChI is InChI=1S/C15H11BrClFO2/c1-9-4-12(16)5-11(7-19)15(9)20-8-10-2-3-13(17)6-14(10)18/h2-7H,8H2,1H3. The number of benzene rings is 2. The summed E-state index contributed by atoms with van der Waals surface area (Å²) in [5.74, 6) is 0.0254. The summed E-state index contributed by atoms with van der Waals surface area (Å²) in [6, 6.07) is 7.88. The van der Waals surface area contributed by atoms with Crippen molar-refractivity contribution in [2.75, 3.05) is 0 Å². The summed E-state index contributed by atoms with van der Waals surface area (Å²) in [5, 5.41) is 0.333. The Kier molecular flexibility index (Phi) is 4.78. The molecule has 0 N–H and O–H groups in total. The molecule has 0 radical (unpaired) electrons. The van der Waals surface area contributed by atoms with E-state index in [-0.39, 0.29) is 6.61 Å². The van der Waals surface area contributed by atoms with Crippen LogP contribution in [0.3, 0.4) is 0 Å². The highest BCUT2D eigenvalue weighted by molar-refractivity contribution is 9.10. The van der Waals surface area contributed by atoms with Gasteiger partial charge in [-0.15, -0.1) is 0 Å². The smallest absolute Gasteiger partial charge is 0.153 e. The average molecular weight is 358 g/mol. The molecule has 0 amide bonds. The van der Waals surface area contributed by atoms with Crippen LogP contribution in [-0.2, 0) is 6.61 Å². The zero-order chi connectivity index (χ0) is 14.7. The molecule has 0 aliphatic heterocycles. The summed E-state index contributed by atoms with van der Waals surface area (Å²) in [6.45, 7) is 1.86. The molecule has 2 rings (SSSR count). The van der Waals surface area contributed by atoms with Crippen LogP contribution in [0.1, 0.15) is 21.5 Å². The van der Waals surface area contributed by atoms with Gasteiger partial charge in [0.15, 0.2) is 6.29 Å². The Balaban J connectivity index is 2.25. The van der Waals surface area contributed by atoms with Gasteiger partial charge in [0.2, 0.25) is 0 Å². The van der Waals surface area contributed by atoms with E-state index in [0.29, 0.717) is 28.2 Å². The lowest BCUT2D eigenvalue weighted by atomic mass is 10.1. The fourth-order valence-electron chi connectivity index (χ4n) is 1.83. The average Bonchev–Trinajstić information content (AvgIpc) is 2.38. The van der Waals surface area contributed by atoms with Crippen LogP contribution >= 0.6 is 27.5 Å². The maximum Gasteiger partial charge on any atom is 0.153 e. The number of carbonyl (C=O) groups excluding carboxylic acids is 1. The van der Waals surface area contributed by atoms with Gasteiger partial charge in [-0.3, -0.25) is 4.79 Å². The van der Waals surface area contributed by atoms with Crippen LogP contribution in [0.25, 0.3) is 0 Å². The number of aldehydes is 1. The Labute approximate surface area is 129 Å². The molecular weight excluding hydrogens is 347 g/mol. The second kappa shape index (κ2) is 6.37. The van der Waals surface area contributed by atoms with Gasteiger partial charge in [0, 0.05) is 15.1 Å². The van der Waals surface area contributed by atoms with Gasteiger partial charge in [-0.05, 0) is 36.8 Å². The van der Waals surface area contributed by atoms with Crippen molar-refractivity contribution in [3.8, 4) is 5.75 Å². The Morgan fingerprint density at radius 1 is 1.35 bits per heavy atom. The first-order valence-electron chi connectivity index (χ1n) is 5.83. The molecule has 0 aliphatic rings. The molecule has 0 atom stereocenters. The number of carbonyl (C=O) groups is 1. The van der Waals surface area contributed by atoms with Crippen molar-refractivity contribution in [2.45, 2.75) is 13.5 Å². The molecule has 0 fully saturated rings. The van der Waals surface area contributed by atoms with Gasteiger partial charge in [0.1, 0.15) is 18.2 Å². The lowest BCUT2D eigenvalue weighted by Crippen LogP contribution is -2.02. The first kappa shape index (κ1) is 15.0. The fraction of sp³-hybridized carbons (Fsp3) is 0.133. The van der Waals surface area contributed by atoms with E-state index in [1.54, 1.807) is 18.2 Å². The normalized spacial score (nSPS) is 10.4. The highest BCUT2D eigenvalue weighted by atomic mass is 79.9. The fourth-order valence-corrected chi connectivity index (χ4v) is 2.58. The van der Waals surface area contributed by atoms with E-state index < -0.39 is 5.82 Å². The van der Waals surface area contributed by atoms with Crippen LogP contribution in [-0.4, -0.2) is 6.29 Å². The molecule has 2 nitrogen and oxygen atoms in total. The largest absolute Gasteiger partial charge is 0.488 e. The third-order valence-corrected chi connectivity index (χ3v) is 3.48. The number of hydrogen-bond acceptors (Lipinski definition) is 2. The van der Waals surface area contributed by atoms with Crippen molar-refractivity contribution < 1.29 is 13.9 Å². The maximum absolute atomic E-state index is 13.7. The molecule has 0 unspecified atom stereocenters. The van der Waals surface area contributed by atoms with Gasteiger partial charge in [-0.2, -0.15) is 0 Å². The number of rotatable bonds is 4. The zero-order valence-corrected chi connectivity index (χ0v) is 13.0. The van der Waals surface area contributed by atoms with Gasteiger partial charge in [-0.25, -0.2) is 4.39 Å². The van der Waals surface area contributed by atoms with E-state index in [4.69, 9.17) is 16.3 Å². The maximum atomic E-state index is 13.7. The van der Waals surface area contributed by atoms with E-state index >= 15 is 0 Å². The molecule has 104 valence electrons. The SMILES string of the molecule is Cc1cc(Br)cc(C=O)c1OCc1ccc(Cl)cc1F. The third kappa shape index (κ3) is 3.38. The Hall–Kier alpha value is -1.39. The van der Waals surface area contributed by atoms with E-state index in [2.05, 4.69) is 15.9 Å². The Bertz CT molecular complexity index is 659. The molecule has 5 heteroatoms. The highest BCUT2D eigenvalue weighted by Gasteiger charge is 2.10. The number of aryl methyl sites for hydroxylation is 1. The minimum atomic E-state index is -0.431. The third-order valence-electron chi connectivity index (χ3n) is 2.78. The first-order chi connectivity index (χ1) is 9.51. The molecule has 20 heavy (non-hydrogen) atoms. The van der Waals surface area contributed by atoms with Crippen molar-refractivity contribution >= 4 is 33.8 Å². The summed E-state index contributed by atoms with van der Waals surface area (Å²) < 4.78 is 20.0. The summed E-state index contributed by atoms with van der Waals surface area (Å²) in [4.78, 5) is 11.1. The second-order valence-electron chi connectivity index (χ2n) is 4.28. The van der Waals surface area contributed by atoms with Gasteiger partial charge >= 0.3 is 0 Å². The molecule has 0 aliphatic carbocycles. The number of ether oxygens (including phenoxy) is 1. The summed E-state index contributed by atoms with van der Waals surface area (Å²) in [7, 11) is 0. The van der Waals surface area contributed by atoms with Crippen LogP contribution in [0.15, 0.2) is 34.8 Å². The molecule has 0 bridgehead atoms. The van der Waals surface area contributed by atoms with Crippen molar-refractivity contribution in [1.29, 1.82) is 0 Å². The molecule has 0 heterocycles. The van der Waals surface area contributed by atoms with Crippen LogP contribution in [0.4, 0.5) is 4.39 Å². The summed E-state index contributed by atoms with van der Waals surface area (Å²) >= 11 is 9.01. The topological polar surface area (TPSA) is 26.3 Å². The van der Waals surface area contributed by atoms with Crippen molar-refractivity contribution in [1.82, 2.24) is 0 Å². The minimum Gasteiger partial charge on any atom is -0.488 e. The Morgan fingerprint density at radius 2 is 2.10 bits per heavy atom. The predicted octanol–water partition coefficient (Wildman–Crippen LogP) is 4.94. The first-order valence-corrected chi connectivity index (χ1v) is 7.00. The molecular formula is C15H11BrClFO2. The number of hydrogen-bond donors (Lipinski definition) is 0. The molecule has 0 spiro atoms. The molecule has 2 aromatic carbocycles. The van der Waals surface area contributed by atoms with E-state index in [1.807, 2.05) is 13.0 Å². The molecule has 0 saturated heterocycles. The van der Waals surface area contributed by atoms with Crippen molar-refractivity contribution in [3.63, 3.8) is 0 Å². The van der Waals surface area contributed by atoms with Crippen molar-refractivity contribution in [3.05, 3.63) is 62.3 Å². The molecule has 0 aromatic heterocycles. The van der Waals surface area contributed by atoms with Crippen LogP contribution in [0.5, 0.6) is 5.75 Å². The summed E-state index contributed by atoms with van der Waals surface area (Å²) in [5.41, 5.74) is 1.61. The van der Waals surface area contributed by atoms with E-state index in [0.717, 1.165) is 10.0 Å². The number of halogens is 3. The van der Waals surface area contributed by atoms with Gasteiger partial charge in [0.05, 0.1) is 5.56 Å². The van der Waals surface area contributed by atoms with Crippen LogP contribution in [0, 0.1) is 12.7 Å². The Morgan fingerprint density at radius 3 is 2.75 bits per heavy atom. The minimum absolute atomic E-state index is 0.0340. The lowest BCUT2D eigenvalue weighted by Gasteiger charge is -2.12. The second-order valence-corrected chi connectivity index (χ2v) is 5.64. The molecule has 0 saturated carbocycles. The van der Waals surface area contributed by atoms with E-state index in [1.165, 1.54) is 6.07 Å². The monoisotopic (exact) mass is 356 g/mol. The quantitative estimate of drug-likeness (QED) is 0.724. The van der Waals surface area contributed by atoms with Gasteiger partial charge in [0.25, 0.3) is 0 Å². The van der Waals surface area contributed by atoms with Gasteiger partial charge in [-0.1, -0.05) is 33.6 Å². The van der Waals surface area contributed by atoms with Crippen LogP contribution < -0.4 is 4.74 Å². The highest BCUT2D eigenvalue weighted by Crippen LogP contribution is 2.28. The zero-order valence-electron chi connectivity index (χ0n) is 10.6. The van der Waals surface area contributed by atoms with Gasteiger partial charge < -0.3 is 4.74 Å². The van der Waals surface area contributed by atoms with E-state index in [9.17, 15) is 9.18 Å². The van der Waals surface area contributed by atoms with Crippen LogP contribution in [0.2, 0.25) is 5.02 Å². The molecule has 2 aromatic rings. The predicted molar refractivity (Wildman–Crippen MR) is 80.0 cm³/mol. The summed E-state index contributed by atoms with van der Waals surface area (Å²) in [6.07, 6.45) is 0.714. The van der Waals surface area contributed by atoms with Crippen molar-refractivity contribution in [2.24, 2.45) is 0 Å².